The van der Waals surface area contributed by atoms with E-state index in [-0.39, 0.29) is 0 Å². The van der Waals surface area contributed by atoms with E-state index in [1.807, 2.05) is 69.3 Å². The van der Waals surface area contributed by atoms with Crippen molar-refractivity contribution in [2.45, 2.75) is 46.8 Å². The number of carbonyl (C=O) groups excluding carboxylic acids is 2. The predicted molar refractivity (Wildman–Crippen MR) is 119 cm³/mol. The third-order valence-corrected chi connectivity index (χ3v) is 5.23. The van der Waals surface area contributed by atoms with E-state index >= 15 is 0 Å². The monoisotopic (exact) mass is 420 g/mol. The highest BCUT2D eigenvalue weighted by Gasteiger charge is 2.20. The second kappa shape index (κ2) is 9.93. The van der Waals surface area contributed by atoms with Crippen molar-refractivity contribution in [3.63, 3.8) is 0 Å². The van der Waals surface area contributed by atoms with Gasteiger partial charge in [-0.2, -0.15) is 5.10 Å². The fraction of sp³-hybridized carbons (Fsp3) is 0.292. The Balaban J connectivity index is 1.61. The van der Waals surface area contributed by atoms with E-state index in [1.165, 1.54) is 6.20 Å². The van der Waals surface area contributed by atoms with Crippen molar-refractivity contribution in [2.75, 3.05) is 0 Å². The summed E-state index contributed by atoms with van der Waals surface area (Å²) < 4.78 is 7.57. The van der Waals surface area contributed by atoms with Gasteiger partial charge in [-0.3, -0.25) is 25.1 Å². The number of hydrogen-bond acceptors (Lipinski definition) is 4. The highest BCUT2D eigenvalue weighted by atomic mass is 16.5. The minimum absolute atomic E-state index is 0.413. The lowest BCUT2D eigenvalue weighted by Gasteiger charge is -2.17. The van der Waals surface area contributed by atoms with Crippen LogP contribution in [0.2, 0.25) is 0 Å². The van der Waals surface area contributed by atoms with Gasteiger partial charge in [0.05, 0.1) is 24.0 Å². The summed E-state index contributed by atoms with van der Waals surface area (Å²) in [7, 11) is 0. The molecule has 1 unspecified atom stereocenters. The molecule has 0 bridgehead atoms. The van der Waals surface area contributed by atoms with E-state index in [2.05, 4.69) is 16.0 Å². The van der Waals surface area contributed by atoms with Crippen molar-refractivity contribution in [1.82, 2.24) is 20.6 Å². The summed E-state index contributed by atoms with van der Waals surface area (Å²) in [5.74, 6) is -0.211. The molecule has 31 heavy (non-hydrogen) atoms. The van der Waals surface area contributed by atoms with Gasteiger partial charge in [0, 0.05) is 0 Å². The molecule has 2 amide bonds. The number of ether oxygens (including phenoxy) is 1. The average molecular weight is 421 g/mol. The lowest BCUT2D eigenvalue weighted by Crippen LogP contribution is -2.47. The highest BCUT2D eigenvalue weighted by Crippen LogP contribution is 2.21. The number of amides is 2. The smallest absolute Gasteiger partial charge is 0.279 e. The number of aromatic nitrogens is 2. The molecule has 0 aliphatic rings. The first-order chi connectivity index (χ1) is 14.9. The lowest BCUT2D eigenvalue weighted by atomic mass is 10.1. The van der Waals surface area contributed by atoms with Gasteiger partial charge in [0.25, 0.3) is 11.8 Å². The molecule has 0 aliphatic carbocycles. The van der Waals surface area contributed by atoms with Crippen LogP contribution in [0.3, 0.4) is 0 Å². The molecule has 7 nitrogen and oxygen atoms in total. The van der Waals surface area contributed by atoms with Gasteiger partial charge in [0.1, 0.15) is 5.75 Å². The lowest BCUT2D eigenvalue weighted by molar-refractivity contribution is -0.128. The average Bonchev–Trinajstić information content (AvgIpc) is 3.18. The Bertz CT molecular complexity index is 1060. The molecule has 1 aromatic heterocycles. The Hall–Kier alpha value is -3.61. The Labute approximate surface area is 182 Å². The molecule has 162 valence electrons. The first-order valence-corrected chi connectivity index (χ1v) is 10.3. The largest absolute Gasteiger partial charge is 0.481 e. The van der Waals surface area contributed by atoms with Crippen LogP contribution >= 0.6 is 0 Å². The second-order valence-electron chi connectivity index (χ2n) is 7.40. The molecule has 0 aliphatic heterocycles. The van der Waals surface area contributed by atoms with E-state index in [4.69, 9.17) is 4.74 Å². The maximum Gasteiger partial charge on any atom is 0.279 e. The molecule has 1 heterocycles. The van der Waals surface area contributed by atoms with Crippen LogP contribution < -0.4 is 15.6 Å². The second-order valence-corrected chi connectivity index (χ2v) is 7.40. The van der Waals surface area contributed by atoms with Crippen LogP contribution in [0.1, 0.15) is 46.6 Å². The van der Waals surface area contributed by atoms with Crippen LogP contribution in [0.15, 0.2) is 54.7 Å². The molecule has 0 fully saturated rings. The number of nitrogens with one attached hydrogen (secondary N) is 2. The van der Waals surface area contributed by atoms with Gasteiger partial charge in [-0.1, -0.05) is 49.4 Å². The summed E-state index contributed by atoms with van der Waals surface area (Å²) in [6, 6.07) is 15.6. The van der Waals surface area contributed by atoms with Crippen LogP contribution in [0.5, 0.6) is 5.75 Å². The van der Waals surface area contributed by atoms with E-state index in [9.17, 15) is 9.59 Å². The number of nitrogens with zero attached hydrogens (tertiary/aromatic N) is 2. The molecule has 0 radical (unpaired) electrons. The molecular weight excluding hydrogens is 392 g/mol. The fourth-order valence-electron chi connectivity index (χ4n) is 3.25. The molecule has 2 aromatic carbocycles. The fourth-order valence-corrected chi connectivity index (χ4v) is 3.25. The molecule has 0 saturated heterocycles. The number of benzene rings is 2. The number of rotatable bonds is 7. The van der Waals surface area contributed by atoms with Gasteiger partial charge < -0.3 is 4.74 Å². The Morgan fingerprint density at radius 3 is 2.52 bits per heavy atom. The number of carbonyl (C=O) groups is 2. The van der Waals surface area contributed by atoms with Gasteiger partial charge >= 0.3 is 0 Å². The summed E-state index contributed by atoms with van der Waals surface area (Å²) in [5, 5.41) is 4.36. The minimum Gasteiger partial charge on any atom is -0.481 e. The van der Waals surface area contributed by atoms with E-state index in [1.54, 1.807) is 11.6 Å². The van der Waals surface area contributed by atoms with Crippen molar-refractivity contribution >= 4 is 11.8 Å². The number of aryl methyl sites for hydroxylation is 1. The third-order valence-electron chi connectivity index (χ3n) is 5.23. The van der Waals surface area contributed by atoms with Crippen LogP contribution in [0.25, 0.3) is 0 Å². The van der Waals surface area contributed by atoms with Crippen molar-refractivity contribution in [2.24, 2.45) is 0 Å². The SMILES string of the molecule is CCc1c(C(=O)NNC(=O)C(C)Oc2cccc(C)c2C)cnn1Cc1ccccc1. The molecule has 3 rings (SSSR count). The minimum atomic E-state index is -0.771. The molecule has 1 atom stereocenters. The van der Waals surface area contributed by atoms with Crippen molar-refractivity contribution in [3.8, 4) is 5.75 Å². The molecule has 0 spiro atoms. The summed E-state index contributed by atoms with van der Waals surface area (Å²) in [6.07, 6.45) is 1.39. The topological polar surface area (TPSA) is 85.2 Å². The molecule has 2 N–H and O–H groups in total. The Kier molecular flexibility index (Phi) is 7.07. The molecule has 7 heteroatoms. The molecule has 0 saturated carbocycles. The molecular formula is C24H28N4O3. The van der Waals surface area contributed by atoms with Crippen molar-refractivity contribution in [3.05, 3.63) is 82.7 Å². The van der Waals surface area contributed by atoms with Crippen LogP contribution in [0, 0.1) is 13.8 Å². The van der Waals surface area contributed by atoms with Crippen LogP contribution in [-0.4, -0.2) is 27.7 Å². The zero-order valence-corrected chi connectivity index (χ0v) is 18.3. The van der Waals surface area contributed by atoms with Crippen LogP contribution in [-0.2, 0) is 17.8 Å². The zero-order valence-electron chi connectivity index (χ0n) is 18.3. The van der Waals surface area contributed by atoms with Gasteiger partial charge in [0.2, 0.25) is 0 Å². The van der Waals surface area contributed by atoms with Crippen molar-refractivity contribution in [1.29, 1.82) is 0 Å². The van der Waals surface area contributed by atoms with E-state index < -0.39 is 17.9 Å². The van der Waals surface area contributed by atoms with E-state index in [0.29, 0.717) is 24.3 Å². The summed E-state index contributed by atoms with van der Waals surface area (Å²) in [6.45, 7) is 8.10. The van der Waals surface area contributed by atoms with Crippen molar-refractivity contribution < 1.29 is 14.3 Å². The van der Waals surface area contributed by atoms with E-state index in [0.717, 1.165) is 22.4 Å². The predicted octanol–water partition coefficient (Wildman–Crippen LogP) is 3.34. The normalized spacial score (nSPS) is 11.6. The summed E-state index contributed by atoms with van der Waals surface area (Å²) in [5.41, 5.74) is 9.30. The standard InChI is InChI=1S/C24H28N4O3/c1-5-21-20(14-25-28(21)15-19-11-7-6-8-12-19)24(30)27-26-23(29)18(4)31-22-13-9-10-16(2)17(22)3/h6-14,18H,5,15H2,1-4H3,(H,26,29)(H,27,30). The number of hydrogen-bond donors (Lipinski definition) is 2. The maximum atomic E-state index is 12.7. The first kappa shape index (κ1) is 22.1. The maximum absolute atomic E-state index is 12.7. The Morgan fingerprint density at radius 2 is 1.81 bits per heavy atom. The highest BCUT2D eigenvalue weighted by molar-refractivity contribution is 5.96. The molecule has 3 aromatic rings. The summed E-state index contributed by atoms with van der Waals surface area (Å²) in [4.78, 5) is 25.1. The first-order valence-electron chi connectivity index (χ1n) is 10.3. The van der Waals surface area contributed by atoms with Gasteiger partial charge in [0.15, 0.2) is 6.10 Å². The van der Waals surface area contributed by atoms with Gasteiger partial charge in [-0.15, -0.1) is 0 Å². The Morgan fingerprint density at radius 1 is 1.06 bits per heavy atom. The zero-order chi connectivity index (χ0) is 22.4. The third kappa shape index (κ3) is 5.31. The van der Waals surface area contributed by atoms with Gasteiger partial charge in [-0.05, 0) is 49.9 Å². The summed E-state index contributed by atoms with van der Waals surface area (Å²) >= 11 is 0. The van der Waals surface area contributed by atoms with Gasteiger partial charge in [-0.25, -0.2) is 0 Å². The number of hydrazine groups is 1. The quantitative estimate of drug-likeness (QED) is 0.574. The van der Waals surface area contributed by atoms with Crippen LogP contribution in [0.4, 0.5) is 0 Å².